The molecule has 0 aliphatic carbocycles. The second-order valence-electron chi connectivity index (χ2n) is 8.26. The van der Waals surface area contributed by atoms with Crippen LogP contribution in [0.25, 0.3) is 0 Å². The van der Waals surface area contributed by atoms with Crippen molar-refractivity contribution in [1.82, 2.24) is 4.90 Å². The summed E-state index contributed by atoms with van der Waals surface area (Å²) < 4.78 is 23.8. The fourth-order valence-corrected chi connectivity index (χ4v) is 3.81. The highest BCUT2D eigenvalue weighted by Gasteiger charge is 2.47. The Morgan fingerprint density at radius 2 is 1.68 bits per heavy atom. The maximum Gasteiger partial charge on any atom is 0.348 e. The maximum atomic E-state index is 13.5. The van der Waals surface area contributed by atoms with E-state index in [1.54, 1.807) is 26.0 Å². The summed E-state index contributed by atoms with van der Waals surface area (Å²) in [6.45, 7) is 3.58. The van der Waals surface area contributed by atoms with Crippen molar-refractivity contribution in [2.45, 2.75) is 32.4 Å². The van der Waals surface area contributed by atoms with Gasteiger partial charge in [-0.3, -0.25) is 19.3 Å². The average molecular weight is 425 g/mol. The van der Waals surface area contributed by atoms with E-state index in [2.05, 4.69) is 0 Å². The van der Waals surface area contributed by atoms with E-state index < -0.39 is 53.6 Å². The summed E-state index contributed by atoms with van der Waals surface area (Å²) in [5.74, 6) is -3.02. The van der Waals surface area contributed by atoms with E-state index in [4.69, 9.17) is 9.47 Å². The molecule has 7 nitrogen and oxygen atoms in total. The highest BCUT2D eigenvalue weighted by molar-refractivity contribution is 6.21. The number of hydrogen-bond acceptors (Lipinski definition) is 6. The number of imide groups is 1. The lowest BCUT2D eigenvalue weighted by Crippen LogP contribution is -2.38. The Labute approximate surface area is 177 Å². The molecule has 2 aromatic carbocycles. The molecule has 0 saturated carbocycles. The highest BCUT2D eigenvalue weighted by Crippen LogP contribution is 2.35. The van der Waals surface area contributed by atoms with E-state index in [1.807, 2.05) is 0 Å². The van der Waals surface area contributed by atoms with Crippen molar-refractivity contribution in [2.75, 3.05) is 6.61 Å². The fraction of sp³-hybridized carbons (Fsp3) is 0.304. The predicted octanol–water partition coefficient (Wildman–Crippen LogP) is 3.05. The molecule has 0 aromatic heterocycles. The van der Waals surface area contributed by atoms with Crippen LogP contribution >= 0.6 is 0 Å². The van der Waals surface area contributed by atoms with Crippen molar-refractivity contribution in [3.05, 3.63) is 71.0 Å². The molecule has 8 heteroatoms. The third-order valence-electron chi connectivity index (χ3n) is 5.51. The molecule has 160 valence electrons. The summed E-state index contributed by atoms with van der Waals surface area (Å²) in [5, 5.41) is 0. The lowest BCUT2D eigenvalue weighted by Gasteiger charge is -2.27. The van der Waals surface area contributed by atoms with Gasteiger partial charge in [-0.1, -0.05) is 38.1 Å². The number of hydrogen-bond donors (Lipinski definition) is 0. The van der Waals surface area contributed by atoms with E-state index in [1.165, 1.54) is 36.4 Å². The molecule has 0 N–H and O–H groups in total. The summed E-state index contributed by atoms with van der Waals surface area (Å²) in [5.41, 5.74) is 0.149. The summed E-state index contributed by atoms with van der Waals surface area (Å²) in [6.07, 6.45) is -1.48. The molecule has 2 aromatic rings. The summed E-state index contributed by atoms with van der Waals surface area (Å²) in [6, 6.07) is 10.5. The summed E-state index contributed by atoms with van der Waals surface area (Å²) in [4.78, 5) is 51.7. The van der Waals surface area contributed by atoms with Crippen molar-refractivity contribution < 1.29 is 33.0 Å². The Morgan fingerprint density at radius 3 is 2.19 bits per heavy atom. The molecule has 2 aliphatic heterocycles. The lowest BCUT2D eigenvalue weighted by atomic mass is 9.90. The zero-order valence-corrected chi connectivity index (χ0v) is 17.0. The van der Waals surface area contributed by atoms with Gasteiger partial charge in [-0.15, -0.1) is 0 Å². The smallest absolute Gasteiger partial charge is 0.348 e. The van der Waals surface area contributed by atoms with Gasteiger partial charge < -0.3 is 9.47 Å². The van der Waals surface area contributed by atoms with Gasteiger partial charge >= 0.3 is 11.9 Å². The van der Waals surface area contributed by atoms with Gasteiger partial charge in [0.05, 0.1) is 23.6 Å². The van der Waals surface area contributed by atoms with Gasteiger partial charge in [-0.25, -0.2) is 9.18 Å². The largest absolute Gasteiger partial charge is 0.462 e. The van der Waals surface area contributed by atoms with Crippen LogP contribution in [-0.4, -0.2) is 41.4 Å². The third kappa shape index (κ3) is 3.69. The first kappa shape index (κ1) is 20.7. The molecule has 31 heavy (non-hydrogen) atoms. The summed E-state index contributed by atoms with van der Waals surface area (Å²) >= 11 is 0. The van der Waals surface area contributed by atoms with Crippen LogP contribution < -0.4 is 0 Å². The van der Waals surface area contributed by atoms with Crippen LogP contribution in [0.2, 0.25) is 0 Å². The van der Waals surface area contributed by atoms with E-state index >= 15 is 0 Å². The molecule has 2 heterocycles. The van der Waals surface area contributed by atoms with E-state index in [-0.39, 0.29) is 17.7 Å². The number of benzene rings is 2. The van der Waals surface area contributed by atoms with Gasteiger partial charge in [-0.05, 0) is 29.8 Å². The Kier molecular flexibility index (Phi) is 5.08. The molecule has 1 fully saturated rings. The monoisotopic (exact) mass is 425 g/mol. The molecular weight excluding hydrogens is 405 g/mol. The first-order valence-corrected chi connectivity index (χ1v) is 9.77. The lowest BCUT2D eigenvalue weighted by molar-refractivity contribution is -0.163. The SMILES string of the molecule is CC1(C)COC(=O)C1OC(=O)CC(c1ccc(F)cc1)N1C(=O)c2ccccc2C1=O. The molecular formula is C23H20FNO6. The first-order valence-electron chi connectivity index (χ1n) is 9.77. The Morgan fingerprint density at radius 1 is 1.10 bits per heavy atom. The van der Waals surface area contributed by atoms with Gasteiger partial charge in [0.2, 0.25) is 6.10 Å². The number of ether oxygens (including phenoxy) is 2. The zero-order chi connectivity index (χ0) is 22.3. The van der Waals surface area contributed by atoms with Crippen LogP contribution in [0.3, 0.4) is 0 Å². The zero-order valence-electron chi connectivity index (χ0n) is 17.0. The molecule has 2 unspecified atom stereocenters. The molecule has 0 radical (unpaired) electrons. The van der Waals surface area contributed by atoms with Crippen LogP contribution in [-0.2, 0) is 19.1 Å². The second-order valence-corrected chi connectivity index (χ2v) is 8.26. The Bertz CT molecular complexity index is 1040. The molecule has 1 saturated heterocycles. The van der Waals surface area contributed by atoms with Crippen molar-refractivity contribution in [2.24, 2.45) is 5.41 Å². The minimum Gasteiger partial charge on any atom is -0.462 e. The highest BCUT2D eigenvalue weighted by atomic mass is 19.1. The van der Waals surface area contributed by atoms with Gasteiger partial charge in [0.15, 0.2) is 0 Å². The third-order valence-corrected chi connectivity index (χ3v) is 5.51. The number of carbonyl (C=O) groups excluding carboxylic acids is 4. The van der Waals surface area contributed by atoms with E-state index in [0.717, 1.165) is 4.90 Å². The molecule has 2 atom stereocenters. The number of nitrogens with zero attached hydrogens (tertiary/aromatic N) is 1. The summed E-state index contributed by atoms with van der Waals surface area (Å²) in [7, 11) is 0. The quantitative estimate of drug-likeness (QED) is 0.540. The normalized spacial score (nSPS) is 20.4. The van der Waals surface area contributed by atoms with Crippen LogP contribution in [0.1, 0.15) is 52.6 Å². The number of rotatable bonds is 5. The van der Waals surface area contributed by atoms with Gasteiger partial charge in [0.25, 0.3) is 11.8 Å². The van der Waals surface area contributed by atoms with E-state index in [0.29, 0.717) is 5.56 Å². The maximum absolute atomic E-state index is 13.5. The molecule has 4 rings (SSSR count). The van der Waals surface area contributed by atoms with Crippen LogP contribution in [0, 0.1) is 11.2 Å². The first-order chi connectivity index (χ1) is 14.7. The molecule has 2 amide bonds. The Hall–Kier alpha value is -3.55. The second kappa shape index (κ2) is 7.61. The number of fused-ring (bicyclic) bond motifs is 1. The van der Waals surface area contributed by atoms with Crippen LogP contribution in [0.5, 0.6) is 0 Å². The van der Waals surface area contributed by atoms with Gasteiger partial charge in [0, 0.05) is 5.41 Å². The van der Waals surface area contributed by atoms with Crippen molar-refractivity contribution >= 4 is 23.8 Å². The molecule has 0 spiro atoms. The van der Waals surface area contributed by atoms with Gasteiger partial charge in [-0.2, -0.15) is 0 Å². The number of esters is 2. The van der Waals surface area contributed by atoms with Crippen molar-refractivity contribution in [1.29, 1.82) is 0 Å². The topological polar surface area (TPSA) is 90.0 Å². The average Bonchev–Trinajstić information content (AvgIpc) is 3.14. The van der Waals surface area contributed by atoms with Crippen LogP contribution in [0.4, 0.5) is 4.39 Å². The minimum absolute atomic E-state index is 0.115. The fourth-order valence-electron chi connectivity index (χ4n) is 3.81. The number of halogens is 1. The number of amides is 2. The number of cyclic esters (lactones) is 1. The molecule has 2 aliphatic rings. The number of carbonyl (C=O) groups is 4. The van der Waals surface area contributed by atoms with E-state index in [9.17, 15) is 23.6 Å². The van der Waals surface area contributed by atoms with Crippen molar-refractivity contribution in [3.63, 3.8) is 0 Å². The minimum atomic E-state index is -1.09. The van der Waals surface area contributed by atoms with Gasteiger partial charge in [0.1, 0.15) is 12.4 Å². The Balaban J connectivity index is 1.64. The standard InChI is InChI=1S/C23H20FNO6/c1-23(2)12-30-22(29)19(23)31-18(26)11-17(13-7-9-14(24)10-8-13)25-20(27)15-5-3-4-6-16(15)21(25)28/h3-10,17,19H,11-12H2,1-2H3. The van der Waals surface area contributed by atoms with Crippen molar-refractivity contribution in [3.8, 4) is 0 Å². The molecule has 0 bridgehead atoms. The predicted molar refractivity (Wildman–Crippen MR) is 105 cm³/mol. The van der Waals surface area contributed by atoms with Crippen LogP contribution in [0.15, 0.2) is 48.5 Å².